The third kappa shape index (κ3) is 5.50. The maximum Gasteiger partial charge on any atom is 0.344 e. The third-order valence-corrected chi connectivity index (χ3v) is 5.28. The Morgan fingerprint density at radius 2 is 1.56 bits per heavy atom. The van der Waals surface area contributed by atoms with Crippen molar-refractivity contribution in [2.75, 3.05) is 18.6 Å². The average Bonchev–Trinajstić information content (AvgIpc) is 2.73. The van der Waals surface area contributed by atoms with Crippen molar-refractivity contribution in [3.8, 4) is 16.9 Å². The minimum absolute atomic E-state index is 0.289. The van der Waals surface area contributed by atoms with E-state index in [1.54, 1.807) is 39.8 Å². The molecule has 34 heavy (non-hydrogen) atoms. The summed E-state index contributed by atoms with van der Waals surface area (Å²) >= 11 is 0. The number of nitrogens with zero attached hydrogens (tertiary/aromatic N) is 1. The van der Waals surface area contributed by atoms with Gasteiger partial charge in [-0.1, -0.05) is 6.07 Å². The number of esters is 1. The first kappa shape index (κ1) is 25.1. The predicted molar refractivity (Wildman–Crippen MR) is 122 cm³/mol. The van der Waals surface area contributed by atoms with E-state index in [0.29, 0.717) is 16.8 Å². The molecular formula is C26H25F4NO3. The summed E-state index contributed by atoms with van der Waals surface area (Å²) in [4.78, 5) is 13.0. The van der Waals surface area contributed by atoms with Crippen LogP contribution in [0, 0.1) is 37.1 Å². The number of carbonyl (C=O) groups excluding carboxylic acids is 1. The molecule has 0 bridgehead atoms. The SMILES string of the molecule is Cc1cc(-c2cc(F)cc(F)c2)cc(N(C)c2c(F)ccc(OCC(=O)OC(C)C)c2F)c1C. The molecule has 0 fully saturated rings. The fourth-order valence-corrected chi connectivity index (χ4v) is 3.57. The van der Waals surface area contributed by atoms with Gasteiger partial charge in [-0.15, -0.1) is 0 Å². The zero-order chi connectivity index (χ0) is 25.2. The van der Waals surface area contributed by atoms with Crippen molar-refractivity contribution in [2.24, 2.45) is 0 Å². The van der Waals surface area contributed by atoms with Crippen LogP contribution in [-0.4, -0.2) is 25.7 Å². The van der Waals surface area contributed by atoms with Crippen molar-refractivity contribution in [3.63, 3.8) is 0 Å². The Kier molecular flexibility index (Phi) is 7.49. The molecule has 0 radical (unpaired) electrons. The van der Waals surface area contributed by atoms with Gasteiger partial charge in [0.1, 0.15) is 23.1 Å². The fourth-order valence-electron chi connectivity index (χ4n) is 3.57. The smallest absolute Gasteiger partial charge is 0.344 e. The van der Waals surface area contributed by atoms with Crippen molar-refractivity contribution < 1.29 is 31.8 Å². The zero-order valence-electron chi connectivity index (χ0n) is 19.5. The average molecular weight is 475 g/mol. The molecule has 0 aliphatic rings. The van der Waals surface area contributed by atoms with Gasteiger partial charge in [-0.05, 0) is 80.3 Å². The number of anilines is 2. The second kappa shape index (κ2) is 10.2. The predicted octanol–water partition coefficient (Wildman–Crippen LogP) is 6.63. The van der Waals surface area contributed by atoms with Crippen LogP contribution < -0.4 is 9.64 Å². The molecule has 0 atom stereocenters. The number of hydrogen-bond acceptors (Lipinski definition) is 4. The quantitative estimate of drug-likeness (QED) is 0.284. The monoisotopic (exact) mass is 475 g/mol. The van der Waals surface area contributed by atoms with Gasteiger partial charge in [0, 0.05) is 18.8 Å². The van der Waals surface area contributed by atoms with Crippen molar-refractivity contribution in [1.29, 1.82) is 0 Å². The molecule has 0 aliphatic carbocycles. The first-order valence-corrected chi connectivity index (χ1v) is 10.6. The number of ether oxygens (including phenoxy) is 2. The van der Waals surface area contributed by atoms with Gasteiger partial charge in [-0.25, -0.2) is 22.4 Å². The van der Waals surface area contributed by atoms with Gasteiger partial charge < -0.3 is 14.4 Å². The molecule has 3 aromatic rings. The van der Waals surface area contributed by atoms with Gasteiger partial charge in [0.25, 0.3) is 0 Å². The van der Waals surface area contributed by atoms with Crippen LogP contribution in [0.15, 0.2) is 42.5 Å². The maximum absolute atomic E-state index is 15.3. The van der Waals surface area contributed by atoms with E-state index in [1.165, 1.54) is 24.1 Å². The lowest BCUT2D eigenvalue weighted by Gasteiger charge is -2.25. The lowest BCUT2D eigenvalue weighted by molar-refractivity contribution is -0.149. The van der Waals surface area contributed by atoms with Gasteiger partial charge >= 0.3 is 5.97 Å². The Morgan fingerprint density at radius 3 is 2.18 bits per heavy atom. The molecule has 180 valence electrons. The molecule has 0 heterocycles. The molecule has 8 heteroatoms. The number of hydrogen-bond donors (Lipinski definition) is 0. The molecular weight excluding hydrogens is 450 g/mol. The molecule has 0 aliphatic heterocycles. The van der Waals surface area contributed by atoms with Crippen molar-refractivity contribution in [2.45, 2.75) is 33.8 Å². The molecule has 4 nitrogen and oxygen atoms in total. The Labute approximate surface area is 195 Å². The first-order valence-electron chi connectivity index (χ1n) is 10.6. The maximum atomic E-state index is 15.3. The van der Waals surface area contributed by atoms with Crippen molar-refractivity contribution >= 4 is 17.3 Å². The number of rotatable bonds is 7. The van der Waals surface area contributed by atoms with E-state index < -0.39 is 41.5 Å². The molecule has 0 aromatic heterocycles. The second-order valence-electron chi connectivity index (χ2n) is 8.19. The highest BCUT2D eigenvalue weighted by Crippen LogP contribution is 2.38. The zero-order valence-corrected chi connectivity index (χ0v) is 19.5. The van der Waals surface area contributed by atoms with Crippen LogP contribution in [0.5, 0.6) is 5.75 Å². The number of aryl methyl sites for hydroxylation is 1. The van der Waals surface area contributed by atoms with Crippen molar-refractivity contribution in [1.82, 2.24) is 0 Å². The Bertz CT molecular complexity index is 1210. The van der Waals surface area contributed by atoms with Crippen LogP contribution in [-0.2, 0) is 9.53 Å². The van der Waals surface area contributed by atoms with Gasteiger partial charge in [0.05, 0.1) is 6.10 Å². The van der Waals surface area contributed by atoms with E-state index in [-0.39, 0.29) is 17.4 Å². The summed E-state index contributed by atoms with van der Waals surface area (Å²) in [5, 5.41) is 0. The van der Waals surface area contributed by atoms with Gasteiger partial charge in [0.2, 0.25) is 0 Å². The molecule has 0 amide bonds. The molecule has 3 aromatic carbocycles. The summed E-state index contributed by atoms with van der Waals surface area (Å²) in [5.41, 5.74) is 2.26. The first-order chi connectivity index (χ1) is 16.0. The highest BCUT2D eigenvalue weighted by atomic mass is 19.1. The second-order valence-corrected chi connectivity index (χ2v) is 8.19. The van der Waals surface area contributed by atoms with E-state index in [9.17, 15) is 18.0 Å². The summed E-state index contributed by atoms with van der Waals surface area (Å²) in [6, 6.07) is 8.60. The fraction of sp³-hybridized carbons (Fsp3) is 0.269. The summed E-state index contributed by atoms with van der Waals surface area (Å²) in [7, 11) is 1.47. The molecule has 0 spiro atoms. The molecule has 0 unspecified atom stereocenters. The van der Waals surface area contributed by atoms with E-state index >= 15 is 4.39 Å². The van der Waals surface area contributed by atoms with Gasteiger partial charge in [0.15, 0.2) is 18.2 Å². The Morgan fingerprint density at radius 1 is 0.941 bits per heavy atom. The number of benzene rings is 3. The van der Waals surface area contributed by atoms with Gasteiger partial charge in [-0.3, -0.25) is 0 Å². The minimum atomic E-state index is -1.00. The Hall–Kier alpha value is -3.55. The highest BCUT2D eigenvalue weighted by molar-refractivity contribution is 5.77. The summed E-state index contributed by atoms with van der Waals surface area (Å²) in [6.45, 7) is 6.36. The largest absolute Gasteiger partial charge is 0.479 e. The highest BCUT2D eigenvalue weighted by Gasteiger charge is 2.22. The minimum Gasteiger partial charge on any atom is -0.479 e. The standard InChI is InChI=1S/C26H25F4NO3/c1-14(2)34-24(32)13-33-23-7-6-21(29)26(25(23)30)31(5)22-11-17(8-15(3)16(22)4)18-9-19(27)12-20(28)10-18/h6-12,14H,13H2,1-5H3. The van der Waals surface area contributed by atoms with E-state index in [0.717, 1.165) is 23.8 Å². The van der Waals surface area contributed by atoms with Crippen LogP contribution in [0.25, 0.3) is 11.1 Å². The topological polar surface area (TPSA) is 38.8 Å². The van der Waals surface area contributed by atoms with Crippen LogP contribution in [0.3, 0.4) is 0 Å². The lowest BCUT2D eigenvalue weighted by atomic mass is 9.97. The summed E-state index contributed by atoms with van der Waals surface area (Å²) in [6.07, 6.45) is -0.360. The molecule has 0 saturated carbocycles. The lowest BCUT2D eigenvalue weighted by Crippen LogP contribution is -2.20. The van der Waals surface area contributed by atoms with Crippen LogP contribution in [0.1, 0.15) is 25.0 Å². The number of halogens is 4. The van der Waals surface area contributed by atoms with Gasteiger partial charge in [-0.2, -0.15) is 0 Å². The number of carbonyl (C=O) groups is 1. The molecule has 3 rings (SSSR count). The Balaban J connectivity index is 2.01. The van der Waals surface area contributed by atoms with Crippen LogP contribution in [0.2, 0.25) is 0 Å². The normalized spacial score (nSPS) is 11.0. The summed E-state index contributed by atoms with van der Waals surface area (Å²) in [5.74, 6) is -4.32. The van der Waals surface area contributed by atoms with E-state index in [4.69, 9.17) is 9.47 Å². The van der Waals surface area contributed by atoms with E-state index in [2.05, 4.69) is 0 Å². The molecule has 0 saturated heterocycles. The summed E-state index contributed by atoms with van der Waals surface area (Å²) < 4.78 is 67.8. The van der Waals surface area contributed by atoms with E-state index in [1.807, 2.05) is 0 Å². The van der Waals surface area contributed by atoms with Crippen LogP contribution >= 0.6 is 0 Å². The molecule has 0 N–H and O–H groups in total. The van der Waals surface area contributed by atoms with Crippen molar-refractivity contribution in [3.05, 3.63) is 76.9 Å². The van der Waals surface area contributed by atoms with Crippen LogP contribution in [0.4, 0.5) is 28.9 Å². The third-order valence-electron chi connectivity index (χ3n) is 5.28.